The van der Waals surface area contributed by atoms with Gasteiger partial charge in [0.1, 0.15) is 0 Å². The molecule has 0 rings (SSSR count). The minimum absolute atomic E-state index is 0.0354. The largest absolute Gasteiger partial charge is 0.466 e. The molecule has 6 nitrogen and oxygen atoms in total. The van der Waals surface area contributed by atoms with Crippen LogP contribution in [0.5, 0.6) is 0 Å². The zero-order valence-electron chi connectivity index (χ0n) is 24.2. The van der Waals surface area contributed by atoms with Crippen LogP contribution < -0.4 is 0 Å². The number of amides is 1. The fraction of sp³-hybridized carbons (Fsp3) is 0.931. The monoisotopic (exact) mass is 499 g/mol. The molecule has 0 saturated carbocycles. The molecule has 0 aliphatic heterocycles. The number of esters is 1. The molecule has 0 aromatic heterocycles. The molecule has 0 radical (unpaired) electrons. The summed E-state index contributed by atoms with van der Waals surface area (Å²) in [5.41, 5.74) is -0.743. The van der Waals surface area contributed by atoms with E-state index in [1.165, 1.54) is 64.2 Å². The van der Waals surface area contributed by atoms with E-state index >= 15 is 0 Å². The molecule has 1 amide bonds. The van der Waals surface area contributed by atoms with E-state index in [9.17, 15) is 9.59 Å². The van der Waals surface area contributed by atoms with E-state index in [0.717, 1.165) is 12.8 Å². The second-order valence-electron chi connectivity index (χ2n) is 11.1. The average molecular weight is 500 g/mol. The van der Waals surface area contributed by atoms with Crippen LogP contribution in [0.25, 0.3) is 0 Å². The van der Waals surface area contributed by atoms with Crippen LogP contribution in [-0.2, 0) is 23.8 Å². The number of ether oxygens (including phenoxy) is 3. The Morgan fingerprint density at radius 1 is 0.743 bits per heavy atom. The molecule has 0 atom stereocenters. The van der Waals surface area contributed by atoms with Crippen molar-refractivity contribution in [1.82, 2.24) is 4.90 Å². The number of rotatable bonds is 23. The fourth-order valence-corrected chi connectivity index (χ4v) is 3.76. The van der Waals surface area contributed by atoms with Gasteiger partial charge in [-0.2, -0.15) is 0 Å². The van der Waals surface area contributed by atoms with Crippen LogP contribution in [0, 0.1) is 0 Å². The van der Waals surface area contributed by atoms with E-state index in [1.807, 2.05) is 27.7 Å². The van der Waals surface area contributed by atoms with Gasteiger partial charge in [-0.3, -0.25) is 9.59 Å². The van der Waals surface area contributed by atoms with Gasteiger partial charge in [0.15, 0.2) is 0 Å². The molecule has 0 heterocycles. The smallest absolute Gasteiger partial charge is 0.307 e. The highest BCUT2D eigenvalue weighted by molar-refractivity contribution is 5.75. The molecule has 0 unspecified atom stereocenters. The Kier molecular flexibility index (Phi) is 19.3. The molecule has 0 aromatic carbocycles. The number of carbonyl (C=O) groups excluding carboxylic acids is 2. The van der Waals surface area contributed by atoms with E-state index < -0.39 is 5.60 Å². The Morgan fingerprint density at radius 3 is 1.74 bits per heavy atom. The quantitative estimate of drug-likeness (QED) is 0.111. The van der Waals surface area contributed by atoms with Crippen molar-refractivity contribution in [3.05, 3.63) is 0 Å². The van der Waals surface area contributed by atoms with Crippen LogP contribution in [0.4, 0.5) is 0 Å². The van der Waals surface area contributed by atoms with E-state index in [0.29, 0.717) is 32.7 Å². The molecule has 0 aliphatic rings. The highest BCUT2D eigenvalue weighted by atomic mass is 16.5. The third-order valence-electron chi connectivity index (χ3n) is 6.64. The Labute approximate surface area is 216 Å². The second-order valence-corrected chi connectivity index (χ2v) is 11.1. The third kappa shape index (κ3) is 20.7. The maximum atomic E-state index is 12.1. The van der Waals surface area contributed by atoms with Gasteiger partial charge in [-0.15, -0.1) is 0 Å². The van der Waals surface area contributed by atoms with Crippen molar-refractivity contribution in [2.75, 3.05) is 33.4 Å². The number of carbonyl (C=O) groups is 2. The minimum atomic E-state index is -0.390. The first-order chi connectivity index (χ1) is 16.5. The first-order valence-corrected chi connectivity index (χ1v) is 14.1. The predicted molar refractivity (Wildman–Crippen MR) is 145 cm³/mol. The lowest BCUT2D eigenvalue weighted by Gasteiger charge is -2.33. The molecule has 0 bridgehead atoms. The SMILES string of the molecule is CCCCCCCCCCCCCCOC(=O)CCN(CCC(C)(C)OCC(C)(C)OC)C(C)=O. The summed E-state index contributed by atoms with van der Waals surface area (Å²) in [7, 11) is 1.67. The summed E-state index contributed by atoms with van der Waals surface area (Å²) in [6, 6.07) is 0. The van der Waals surface area contributed by atoms with Gasteiger partial charge in [-0.1, -0.05) is 77.6 Å². The highest BCUT2D eigenvalue weighted by Gasteiger charge is 2.26. The van der Waals surface area contributed by atoms with Crippen molar-refractivity contribution in [3.63, 3.8) is 0 Å². The lowest BCUT2D eigenvalue weighted by Crippen LogP contribution is -2.40. The Morgan fingerprint density at radius 2 is 1.26 bits per heavy atom. The van der Waals surface area contributed by atoms with Crippen LogP contribution >= 0.6 is 0 Å². The Hall–Kier alpha value is -1.14. The maximum absolute atomic E-state index is 12.1. The topological polar surface area (TPSA) is 65.1 Å². The number of methoxy groups -OCH3 is 1. The Balaban J connectivity index is 3.88. The van der Waals surface area contributed by atoms with Crippen LogP contribution in [-0.4, -0.2) is 61.4 Å². The summed E-state index contributed by atoms with van der Waals surface area (Å²) in [6.07, 6.45) is 16.3. The van der Waals surface area contributed by atoms with Crippen molar-refractivity contribution < 1.29 is 23.8 Å². The predicted octanol–water partition coefficient (Wildman–Crippen LogP) is 7.08. The van der Waals surface area contributed by atoms with Crippen LogP contribution in [0.3, 0.4) is 0 Å². The normalized spacial score (nSPS) is 12.1. The van der Waals surface area contributed by atoms with E-state index in [4.69, 9.17) is 14.2 Å². The van der Waals surface area contributed by atoms with Crippen molar-refractivity contribution in [2.24, 2.45) is 0 Å². The fourth-order valence-electron chi connectivity index (χ4n) is 3.76. The van der Waals surface area contributed by atoms with Crippen molar-refractivity contribution in [1.29, 1.82) is 0 Å². The zero-order chi connectivity index (χ0) is 26.6. The first kappa shape index (κ1) is 33.9. The molecule has 0 aliphatic carbocycles. The van der Waals surface area contributed by atoms with Gasteiger partial charge in [0.05, 0.1) is 30.8 Å². The van der Waals surface area contributed by atoms with E-state index in [1.54, 1.807) is 18.9 Å². The molecule has 0 fully saturated rings. The van der Waals surface area contributed by atoms with E-state index in [-0.39, 0.29) is 23.9 Å². The maximum Gasteiger partial charge on any atom is 0.307 e. The summed E-state index contributed by atoms with van der Waals surface area (Å²) in [6.45, 7) is 13.7. The lowest BCUT2D eigenvalue weighted by molar-refractivity contribution is -0.144. The van der Waals surface area contributed by atoms with Gasteiger partial charge >= 0.3 is 5.97 Å². The summed E-state index contributed by atoms with van der Waals surface area (Å²) in [4.78, 5) is 25.9. The third-order valence-corrected chi connectivity index (χ3v) is 6.64. The summed E-state index contributed by atoms with van der Waals surface area (Å²) in [5.74, 6) is -0.261. The molecule has 208 valence electrons. The molecule has 6 heteroatoms. The van der Waals surface area contributed by atoms with Crippen LogP contribution in [0.1, 0.15) is 131 Å². The van der Waals surface area contributed by atoms with Crippen LogP contribution in [0.2, 0.25) is 0 Å². The number of unbranched alkanes of at least 4 members (excludes halogenated alkanes) is 11. The standard InChI is InChI=1S/C29H57NO5/c1-8-9-10-11-12-13-14-15-16-17-18-19-24-34-27(32)20-22-30(26(2)31)23-21-28(3,4)35-25-29(5,6)33-7/h8-25H2,1-7H3. The van der Waals surface area contributed by atoms with Gasteiger partial charge in [0.25, 0.3) is 0 Å². The molecule has 0 aromatic rings. The molecule has 0 N–H and O–H groups in total. The van der Waals surface area contributed by atoms with E-state index in [2.05, 4.69) is 6.92 Å². The summed E-state index contributed by atoms with van der Waals surface area (Å²) in [5, 5.41) is 0. The van der Waals surface area contributed by atoms with Crippen molar-refractivity contribution in [3.8, 4) is 0 Å². The lowest BCUT2D eigenvalue weighted by atomic mass is 10.0. The molecular weight excluding hydrogens is 442 g/mol. The number of hydrogen-bond acceptors (Lipinski definition) is 5. The van der Waals surface area contributed by atoms with Crippen LogP contribution in [0.15, 0.2) is 0 Å². The summed E-state index contributed by atoms with van der Waals surface area (Å²) >= 11 is 0. The van der Waals surface area contributed by atoms with Crippen molar-refractivity contribution >= 4 is 11.9 Å². The van der Waals surface area contributed by atoms with Gasteiger partial charge in [-0.25, -0.2) is 0 Å². The average Bonchev–Trinajstić information content (AvgIpc) is 2.80. The second kappa shape index (κ2) is 20.0. The molecule has 0 saturated heterocycles. The molecule has 0 spiro atoms. The highest BCUT2D eigenvalue weighted by Crippen LogP contribution is 2.19. The van der Waals surface area contributed by atoms with Gasteiger partial charge in [0.2, 0.25) is 5.91 Å². The van der Waals surface area contributed by atoms with Crippen molar-refractivity contribution in [2.45, 2.75) is 143 Å². The molecular formula is C29H57NO5. The number of nitrogens with zero attached hydrogens (tertiary/aromatic N) is 1. The van der Waals surface area contributed by atoms with Gasteiger partial charge in [0, 0.05) is 27.1 Å². The van der Waals surface area contributed by atoms with Gasteiger partial charge < -0.3 is 19.1 Å². The molecule has 35 heavy (non-hydrogen) atoms. The zero-order valence-corrected chi connectivity index (χ0v) is 24.2. The minimum Gasteiger partial charge on any atom is -0.466 e. The van der Waals surface area contributed by atoms with Gasteiger partial charge in [-0.05, 0) is 40.5 Å². The summed E-state index contributed by atoms with van der Waals surface area (Å²) < 4.78 is 16.8. The first-order valence-electron chi connectivity index (χ1n) is 14.1. The Bertz CT molecular complexity index is 547. The number of hydrogen-bond donors (Lipinski definition) is 0.